The second kappa shape index (κ2) is 11.1. The van der Waals surface area contributed by atoms with E-state index in [9.17, 15) is 0 Å². The van der Waals surface area contributed by atoms with Crippen LogP contribution in [0, 0.1) is 0 Å². The van der Waals surface area contributed by atoms with Crippen molar-refractivity contribution in [2.24, 2.45) is 4.99 Å². The Kier molecular flexibility index (Phi) is 9.86. The minimum absolute atomic E-state index is 0. The standard InChI is InChI=1S/C16H26N4S.HI/c1-3-15-13-20(10-11-21-15)16(18-4-2)19-9-7-14-6-5-8-17-12-14;/h5-6,8,12,15H,3-4,7,9-11,13H2,1-2H3,(H,18,19);1H. The number of thioether (sulfide) groups is 1. The summed E-state index contributed by atoms with van der Waals surface area (Å²) in [6.07, 6.45) is 5.92. The van der Waals surface area contributed by atoms with Crippen LogP contribution in [0.25, 0.3) is 0 Å². The van der Waals surface area contributed by atoms with E-state index in [1.807, 2.05) is 18.5 Å². The van der Waals surface area contributed by atoms with Gasteiger partial charge in [0.15, 0.2) is 5.96 Å². The molecule has 0 radical (unpaired) electrons. The topological polar surface area (TPSA) is 40.5 Å². The fraction of sp³-hybridized carbons (Fsp3) is 0.625. The van der Waals surface area contributed by atoms with E-state index in [-0.39, 0.29) is 24.0 Å². The lowest BCUT2D eigenvalue weighted by Gasteiger charge is -2.34. The minimum atomic E-state index is 0. The lowest BCUT2D eigenvalue weighted by Crippen LogP contribution is -2.48. The number of rotatable bonds is 5. The minimum Gasteiger partial charge on any atom is -0.357 e. The second-order valence-electron chi connectivity index (χ2n) is 5.19. The third kappa shape index (κ3) is 6.32. The molecule has 1 saturated heterocycles. The summed E-state index contributed by atoms with van der Waals surface area (Å²) in [5, 5.41) is 4.17. The number of hydrogen-bond donors (Lipinski definition) is 1. The summed E-state index contributed by atoms with van der Waals surface area (Å²) >= 11 is 2.09. The molecule has 0 amide bonds. The second-order valence-corrected chi connectivity index (χ2v) is 6.60. The molecule has 1 aromatic rings. The molecular formula is C16H27IN4S. The number of aliphatic imine (C=N–C) groups is 1. The SMILES string of the molecule is CCNC(=NCCc1cccnc1)N1CCSC(CC)C1.I. The van der Waals surface area contributed by atoms with Crippen molar-refractivity contribution in [2.75, 3.05) is 31.9 Å². The predicted octanol–water partition coefficient (Wildman–Crippen LogP) is 3.04. The molecule has 4 nitrogen and oxygen atoms in total. The van der Waals surface area contributed by atoms with Gasteiger partial charge in [-0.2, -0.15) is 11.8 Å². The summed E-state index contributed by atoms with van der Waals surface area (Å²) in [5.41, 5.74) is 1.25. The lowest BCUT2D eigenvalue weighted by atomic mass is 10.2. The van der Waals surface area contributed by atoms with E-state index in [0.29, 0.717) is 0 Å². The van der Waals surface area contributed by atoms with Gasteiger partial charge in [-0.1, -0.05) is 13.0 Å². The van der Waals surface area contributed by atoms with E-state index in [0.717, 1.165) is 43.8 Å². The van der Waals surface area contributed by atoms with Crippen molar-refractivity contribution in [1.29, 1.82) is 0 Å². The fourth-order valence-corrected chi connectivity index (χ4v) is 3.60. The molecule has 1 atom stereocenters. The van der Waals surface area contributed by atoms with E-state index >= 15 is 0 Å². The molecule has 124 valence electrons. The normalized spacial score (nSPS) is 18.7. The maximum absolute atomic E-state index is 4.80. The molecular weight excluding hydrogens is 407 g/mol. The molecule has 0 aliphatic carbocycles. The Morgan fingerprint density at radius 1 is 1.50 bits per heavy atom. The Balaban J connectivity index is 0.00000242. The molecule has 1 fully saturated rings. The van der Waals surface area contributed by atoms with Crippen molar-refractivity contribution in [3.63, 3.8) is 0 Å². The third-order valence-electron chi connectivity index (χ3n) is 3.61. The molecule has 6 heteroatoms. The highest BCUT2D eigenvalue weighted by molar-refractivity contribution is 14.0. The van der Waals surface area contributed by atoms with Gasteiger partial charge in [0, 0.05) is 49.6 Å². The van der Waals surface area contributed by atoms with Gasteiger partial charge in [-0.25, -0.2) is 0 Å². The maximum Gasteiger partial charge on any atom is 0.193 e. The average Bonchev–Trinajstić information content (AvgIpc) is 2.55. The van der Waals surface area contributed by atoms with Crippen molar-refractivity contribution in [3.05, 3.63) is 30.1 Å². The van der Waals surface area contributed by atoms with Crippen LogP contribution in [0.2, 0.25) is 0 Å². The van der Waals surface area contributed by atoms with E-state index < -0.39 is 0 Å². The molecule has 1 N–H and O–H groups in total. The number of nitrogens with zero attached hydrogens (tertiary/aromatic N) is 3. The summed E-state index contributed by atoms with van der Waals surface area (Å²) in [5.74, 6) is 2.27. The highest BCUT2D eigenvalue weighted by atomic mass is 127. The van der Waals surface area contributed by atoms with E-state index in [4.69, 9.17) is 4.99 Å². The first-order chi connectivity index (χ1) is 10.3. The molecule has 2 heterocycles. The monoisotopic (exact) mass is 434 g/mol. The number of hydrogen-bond acceptors (Lipinski definition) is 3. The Hall–Kier alpha value is -0.500. The molecule has 1 aliphatic heterocycles. The Morgan fingerprint density at radius 3 is 3.05 bits per heavy atom. The van der Waals surface area contributed by atoms with Crippen LogP contribution >= 0.6 is 35.7 Å². The first-order valence-electron chi connectivity index (χ1n) is 7.87. The van der Waals surface area contributed by atoms with Crippen LogP contribution in [0.4, 0.5) is 0 Å². The Bertz CT molecular complexity index is 441. The molecule has 0 saturated carbocycles. The average molecular weight is 434 g/mol. The number of guanidine groups is 1. The van der Waals surface area contributed by atoms with Crippen LogP contribution in [0.15, 0.2) is 29.5 Å². The zero-order valence-electron chi connectivity index (χ0n) is 13.5. The fourth-order valence-electron chi connectivity index (χ4n) is 2.42. The number of aromatic nitrogens is 1. The largest absolute Gasteiger partial charge is 0.357 e. The molecule has 1 aromatic heterocycles. The van der Waals surface area contributed by atoms with Crippen molar-refractivity contribution >= 4 is 41.7 Å². The van der Waals surface area contributed by atoms with Crippen LogP contribution in [-0.2, 0) is 6.42 Å². The van der Waals surface area contributed by atoms with Gasteiger partial charge < -0.3 is 10.2 Å². The lowest BCUT2D eigenvalue weighted by molar-refractivity contribution is 0.408. The van der Waals surface area contributed by atoms with Crippen molar-refractivity contribution in [2.45, 2.75) is 31.9 Å². The molecule has 0 bridgehead atoms. The highest BCUT2D eigenvalue weighted by Crippen LogP contribution is 2.21. The zero-order valence-corrected chi connectivity index (χ0v) is 16.6. The predicted molar refractivity (Wildman–Crippen MR) is 107 cm³/mol. The van der Waals surface area contributed by atoms with Gasteiger partial charge in [-0.05, 0) is 31.4 Å². The van der Waals surface area contributed by atoms with Gasteiger partial charge in [0.25, 0.3) is 0 Å². The molecule has 1 unspecified atom stereocenters. The smallest absolute Gasteiger partial charge is 0.193 e. The first kappa shape index (κ1) is 19.5. The summed E-state index contributed by atoms with van der Waals surface area (Å²) < 4.78 is 0. The Morgan fingerprint density at radius 2 is 2.36 bits per heavy atom. The number of pyridine rings is 1. The molecule has 0 aromatic carbocycles. The van der Waals surface area contributed by atoms with Crippen molar-refractivity contribution < 1.29 is 0 Å². The van der Waals surface area contributed by atoms with Crippen LogP contribution in [0.3, 0.4) is 0 Å². The summed E-state index contributed by atoms with van der Waals surface area (Å²) in [7, 11) is 0. The van der Waals surface area contributed by atoms with Crippen molar-refractivity contribution in [1.82, 2.24) is 15.2 Å². The third-order valence-corrected chi connectivity index (χ3v) is 4.99. The van der Waals surface area contributed by atoms with Gasteiger partial charge in [-0.15, -0.1) is 24.0 Å². The number of nitrogens with one attached hydrogen (secondary N) is 1. The van der Waals surface area contributed by atoms with Gasteiger partial charge >= 0.3 is 0 Å². The molecule has 2 rings (SSSR count). The summed E-state index contributed by atoms with van der Waals surface area (Å²) in [6, 6.07) is 4.10. The quantitative estimate of drug-likeness (QED) is 0.440. The molecule has 1 aliphatic rings. The van der Waals surface area contributed by atoms with Crippen LogP contribution < -0.4 is 5.32 Å². The zero-order chi connectivity index (χ0) is 14.9. The van der Waals surface area contributed by atoms with E-state index in [1.54, 1.807) is 0 Å². The Labute approximate surface area is 155 Å². The van der Waals surface area contributed by atoms with E-state index in [1.165, 1.54) is 17.7 Å². The van der Waals surface area contributed by atoms with Crippen molar-refractivity contribution in [3.8, 4) is 0 Å². The molecule has 0 spiro atoms. The van der Waals surface area contributed by atoms with Gasteiger partial charge in [0.1, 0.15) is 0 Å². The van der Waals surface area contributed by atoms with Crippen LogP contribution in [0.5, 0.6) is 0 Å². The van der Waals surface area contributed by atoms with Crippen LogP contribution in [-0.4, -0.2) is 53.0 Å². The summed E-state index contributed by atoms with van der Waals surface area (Å²) in [6.45, 7) is 8.35. The highest BCUT2D eigenvalue weighted by Gasteiger charge is 2.21. The van der Waals surface area contributed by atoms with Gasteiger partial charge in [0.05, 0.1) is 0 Å². The van der Waals surface area contributed by atoms with Crippen LogP contribution in [0.1, 0.15) is 25.8 Å². The van der Waals surface area contributed by atoms with Gasteiger partial charge in [0.2, 0.25) is 0 Å². The maximum atomic E-state index is 4.80. The molecule has 22 heavy (non-hydrogen) atoms. The van der Waals surface area contributed by atoms with Gasteiger partial charge in [-0.3, -0.25) is 9.98 Å². The number of halogens is 1. The van der Waals surface area contributed by atoms with E-state index in [2.05, 4.69) is 46.9 Å². The summed E-state index contributed by atoms with van der Waals surface area (Å²) in [4.78, 5) is 11.4. The first-order valence-corrected chi connectivity index (χ1v) is 8.92.